The van der Waals surface area contributed by atoms with Crippen molar-refractivity contribution in [3.63, 3.8) is 0 Å². The zero-order valence-electron chi connectivity index (χ0n) is 12.5. The molecule has 3 aromatic rings. The number of rotatable bonds is 5. The van der Waals surface area contributed by atoms with Crippen LogP contribution in [0, 0.1) is 0 Å². The van der Waals surface area contributed by atoms with E-state index in [9.17, 15) is 0 Å². The molecule has 108 valence electrons. The molecule has 0 radical (unpaired) electrons. The number of nitrogens with zero attached hydrogens (tertiary/aromatic N) is 1. The van der Waals surface area contributed by atoms with Crippen LogP contribution in [-0.2, 0) is 12.8 Å². The molecule has 2 heterocycles. The van der Waals surface area contributed by atoms with Gasteiger partial charge in [-0.25, -0.2) is 0 Å². The Balaban J connectivity index is 1.96. The third kappa shape index (κ3) is 2.69. The van der Waals surface area contributed by atoms with Gasteiger partial charge in [0.05, 0.1) is 11.8 Å². The molecular weight excluding hydrogens is 260 g/mol. The van der Waals surface area contributed by atoms with Gasteiger partial charge in [0.1, 0.15) is 5.76 Å². The van der Waals surface area contributed by atoms with Gasteiger partial charge in [0.15, 0.2) is 0 Å². The summed E-state index contributed by atoms with van der Waals surface area (Å²) >= 11 is 0. The van der Waals surface area contributed by atoms with Crippen LogP contribution in [0.4, 0.5) is 0 Å². The largest absolute Gasteiger partial charge is 0.469 e. The fraction of sp³-hybridized carbons (Fsp3) is 0.278. The minimum Gasteiger partial charge on any atom is -0.469 e. The average molecular weight is 280 g/mol. The first-order valence-corrected chi connectivity index (χ1v) is 7.39. The van der Waals surface area contributed by atoms with Crippen LogP contribution in [0.3, 0.4) is 0 Å². The number of nitrogens with one attached hydrogen (secondary N) is 1. The second kappa shape index (κ2) is 6.10. The molecule has 0 spiro atoms. The summed E-state index contributed by atoms with van der Waals surface area (Å²) in [6.45, 7) is 2.12. The molecule has 0 aliphatic carbocycles. The Hall–Kier alpha value is -2.13. The van der Waals surface area contributed by atoms with Crippen molar-refractivity contribution in [2.75, 3.05) is 7.05 Å². The highest BCUT2D eigenvalue weighted by molar-refractivity contribution is 5.81. The lowest BCUT2D eigenvalue weighted by Crippen LogP contribution is -2.19. The molecule has 0 aliphatic rings. The van der Waals surface area contributed by atoms with Crippen molar-refractivity contribution in [3.8, 4) is 0 Å². The number of pyridine rings is 1. The van der Waals surface area contributed by atoms with Crippen LogP contribution in [0.2, 0.25) is 0 Å². The van der Waals surface area contributed by atoms with E-state index in [2.05, 4.69) is 47.6 Å². The van der Waals surface area contributed by atoms with Gasteiger partial charge in [-0.3, -0.25) is 4.98 Å². The summed E-state index contributed by atoms with van der Waals surface area (Å²) in [5, 5.41) is 4.64. The predicted molar refractivity (Wildman–Crippen MR) is 85.3 cm³/mol. The van der Waals surface area contributed by atoms with Crippen molar-refractivity contribution in [1.29, 1.82) is 0 Å². The quantitative estimate of drug-likeness (QED) is 0.770. The maximum atomic E-state index is 5.57. The van der Waals surface area contributed by atoms with E-state index < -0.39 is 0 Å². The fourth-order valence-corrected chi connectivity index (χ4v) is 2.87. The molecule has 1 atom stereocenters. The molecule has 1 aromatic carbocycles. The van der Waals surface area contributed by atoms with Gasteiger partial charge < -0.3 is 9.73 Å². The van der Waals surface area contributed by atoms with Gasteiger partial charge in [0, 0.05) is 29.6 Å². The first-order chi connectivity index (χ1) is 10.3. The summed E-state index contributed by atoms with van der Waals surface area (Å²) in [4.78, 5) is 4.43. The first-order valence-electron chi connectivity index (χ1n) is 7.39. The van der Waals surface area contributed by atoms with Gasteiger partial charge >= 0.3 is 0 Å². The summed E-state index contributed by atoms with van der Waals surface area (Å²) in [7, 11) is 2.00. The SMILES string of the molecule is CCc1occc1C(Cc1ccnc2ccccc12)NC. The summed E-state index contributed by atoms with van der Waals surface area (Å²) in [5.74, 6) is 1.06. The average Bonchev–Trinajstić information content (AvgIpc) is 3.01. The van der Waals surface area contributed by atoms with Crippen LogP contribution in [0.25, 0.3) is 10.9 Å². The Kier molecular flexibility index (Phi) is 4.02. The van der Waals surface area contributed by atoms with E-state index in [0.29, 0.717) is 0 Å². The molecule has 0 amide bonds. The van der Waals surface area contributed by atoms with E-state index in [1.54, 1.807) is 6.26 Å². The maximum absolute atomic E-state index is 5.57. The molecule has 1 N–H and O–H groups in total. The van der Waals surface area contributed by atoms with Crippen molar-refractivity contribution < 1.29 is 4.42 Å². The summed E-state index contributed by atoms with van der Waals surface area (Å²) in [6, 6.07) is 12.7. The Morgan fingerprint density at radius 2 is 2.05 bits per heavy atom. The molecular formula is C18H20N2O. The van der Waals surface area contributed by atoms with E-state index in [1.165, 1.54) is 16.5 Å². The molecule has 0 saturated heterocycles. The number of hydrogen-bond acceptors (Lipinski definition) is 3. The van der Waals surface area contributed by atoms with E-state index in [-0.39, 0.29) is 6.04 Å². The topological polar surface area (TPSA) is 38.1 Å². The lowest BCUT2D eigenvalue weighted by Gasteiger charge is -2.17. The molecule has 1 unspecified atom stereocenters. The van der Waals surface area contributed by atoms with Crippen molar-refractivity contribution in [1.82, 2.24) is 10.3 Å². The number of para-hydroxylation sites is 1. The van der Waals surface area contributed by atoms with Crippen LogP contribution in [0.5, 0.6) is 0 Å². The Bertz CT molecular complexity index is 727. The van der Waals surface area contributed by atoms with Crippen LogP contribution in [0.15, 0.2) is 53.3 Å². The highest BCUT2D eigenvalue weighted by Crippen LogP contribution is 2.26. The van der Waals surface area contributed by atoms with Gasteiger partial charge in [0.25, 0.3) is 0 Å². The highest BCUT2D eigenvalue weighted by Gasteiger charge is 2.17. The van der Waals surface area contributed by atoms with Gasteiger partial charge in [-0.1, -0.05) is 25.1 Å². The van der Waals surface area contributed by atoms with Gasteiger partial charge in [-0.05, 0) is 37.2 Å². The van der Waals surface area contributed by atoms with Crippen molar-refractivity contribution in [2.24, 2.45) is 0 Å². The summed E-state index contributed by atoms with van der Waals surface area (Å²) in [5.41, 5.74) is 3.61. The number of likely N-dealkylation sites (N-methyl/N-ethyl adjacent to an activating group) is 1. The normalized spacial score (nSPS) is 12.7. The number of hydrogen-bond donors (Lipinski definition) is 1. The molecule has 3 heteroatoms. The minimum atomic E-state index is 0.254. The fourth-order valence-electron chi connectivity index (χ4n) is 2.87. The van der Waals surface area contributed by atoms with E-state index in [0.717, 1.165) is 24.1 Å². The second-order valence-electron chi connectivity index (χ2n) is 5.19. The molecule has 3 nitrogen and oxygen atoms in total. The monoisotopic (exact) mass is 280 g/mol. The van der Waals surface area contributed by atoms with Crippen LogP contribution >= 0.6 is 0 Å². The molecule has 0 aliphatic heterocycles. The van der Waals surface area contributed by atoms with E-state index in [4.69, 9.17) is 4.42 Å². The Morgan fingerprint density at radius 1 is 1.19 bits per heavy atom. The molecule has 0 bridgehead atoms. The predicted octanol–water partition coefficient (Wildman–Crippen LogP) is 3.89. The molecule has 3 rings (SSSR count). The van der Waals surface area contributed by atoms with Crippen LogP contribution < -0.4 is 5.32 Å². The number of fused-ring (bicyclic) bond motifs is 1. The zero-order valence-corrected chi connectivity index (χ0v) is 12.5. The smallest absolute Gasteiger partial charge is 0.108 e. The molecule has 2 aromatic heterocycles. The van der Waals surface area contributed by atoms with Crippen molar-refractivity contribution in [2.45, 2.75) is 25.8 Å². The number of furan rings is 1. The van der Waals surface area contributed by atoms with Crippen LogP contribution in [-0.4, -0.2) is 12.0 Å². The lowest BCUT2D eigenvalue weighted by atomic mass is 9.96. The Labute approximate surface area is 125 Å². The van der Waals surface area contributed by atoms with Crippen LogP contribution in [0.1, 0.15) is 29.9 Å². The highest BCUT2D eigenvalue weighted by atomic mass is 16.3. The number of aryl methyl sites for hydroxylation is 1. The Morgan fingerprint density at radius 3 is 2.86 bits per heavy atom. The van der Waals surface area contributed by atoms with Crippen molar-refractivity contribution >= 4 is 10.9 Å². The second-order valence-corrected chi connectivity index (χ2v) is 5.19. The van der Waals surface area contributed by atoms with Gasteiger partial charge in [-0.2, -0.15) is 0 Å². The van der Waals surface area contributed by atoms with Gasteiger partial charge in [0.2, 0.25) is 0 Å². The molecule has 0 saturated carbocycles. The van der Waals surface area contributed by atoms with Crippen molar-refractivity contribution in [3.05, 3.63) is 65.7 Å². The lowest BCUT2D eigenvalue weighted by molar-refractivity contribution is 0.495. The third-order valence-electron chi connectivity index (χ3n) is 3.99. The zero-order chi connectivity index (χ0) is 14.7. The third-order valence-corrected chi connectivity index (χ3v) is 3.99. The standard InChI is InChI=1S/C18H20N2O/c1-3-18-15(9-11-21-18)17(19-2)12-13-8-10-20-16-7-5-4-6-14(13)16/h4-11,17,19H,3,12H2,1-2H3. The van der Waals surface area contributed by atoms with Gasteiger partial charge in [-0.15, -0.1) is 0 Å². The molecule has 21 heavy (non-hydrogen) atoms. The summed E-state index contributed by atoms with van der Waals surface area (Å²) in [6.07, 6.45) is 5.51. The number of benzene rings is 1. The number of aromatic nitrogens is 1. The minimum absolute atomic E-state index is 0.254. The summed E-state index contributed by atoms with van der Waals surface area (Å²) < 4.78 is 5.57. The van der Waals surface area contributed by atoms with E-state index in [1.807, 2.05) is 19.3 Å². The molecule has 0 fully saturated rings. The first kappa shape index (κ1) is 13.8. The maximum Gasteiger partial charge on any atom is 0.108 e. The van der Waals surface area contributed by atoms with E-state index >= 15 is 0 Å².